The molecule has 0 spiro atoms. The fraction of sp³-hybridized carbons (Fsp3) is 0.476. The van der Waals surface area contributed by atoms with Gasteiger partial charge in [-0.15, -0.1) is 0 Å². The van der Waals surface area contributed by atoms with Crippen molar-refractivity contribution >= 4 is 46.1 Å². The Labute approximate surface area is 173 Å². The molecule has 2 aliphatic heterocycles. The van der Waals surface area contributed by atoms with E-state index in [4.69, 9.17) is 0 Å². The van der Waals surface area contributed by atoms with E-state index in [1.165, 1.54) is 5.57 Å². The third-order valence-corrected chi connectivity index (χ3v) is 6.78. The maximum atomic E-state index is 12.8. The van der Waals surface area contributed by atoms with Crippen LogP contribution < -0.4 is 5.32 Å². The summed E-state index contributed by atoms with van der Waals surface area (Å²) >= 11 is 1.91. The topological polar surface area (TPSA) is 81.3 Å². The average molecular weight is 412 g/mol. The van der Waals surface area contributed by atoms with Crippen LogP contribution in [-0.4, -0.2) is 69.4 Å². The fourth-order valence-electron chi connectivity index (χ4n) is 3.98. The summed E-state index contributed by atoms with van der Waals surface area (Å²) in [7, 11) is 0. The maximum absolute atomic E-state index is 12.8. The second-order valence-electron chi connectivity index (χ2n) is 7.87. The van der Waals surface area contributed by atoms with E-state index in [2.05, 4.69) is 21.4 Å². The van der Waals surface area contributed by atoms with Gasteiger partial charge in [0.15, 0.2) is 0 Å². The molecule has 5 rings (SSSR count). The Morgan fingerprint density at radius 1 is 1.17 bits per heavy atom. The molecule has 0 bridgehead atoms. The van der Waals surface area contributed by atoms with Crippen LogP contribution >= 0.6 is 11.8 Å². The lowest BCUT2D eigenvalue weighted by atomic mass is 9.97. The van der Waals surface area contributed by atoms with Crippen molar-refractivity contribution in [2.45, 2.75) is 19.3 Å². The third kappa shape index (κ3) is 3.85. The van der Waals surface area contributed by atoms with E-state index >= 15 is 0 Å². The summed E-state index contributed by atoms with van der Waals surface area (Å²) in [4.78, 5) is 36.6. The lowest BCUT2D eigenvalue weighted by Crippen LogP contribution is -2.47. The molecule has 1 aliphatic carbocycles. The van der Waals surface area contributed by atoms with Crippen molar-refractivity contribution in [3.8, 4) is 0 Å². The van der Waals surface area contributed by atoms with Crippen molar-refractivity contribution in [3.63, 3.8) is 0 Å². The van der Waals surface area contributed by atoms with Crippen molar-refractivity contribution in [2.75, 3.05) is 43.0 Å². The number of amides is 3. The van der Waals surface area contributed by atoms with Crippen molar-refractivity contribution in [2.24, 2.45) is 5.92 Å². The van der Waals surface area contributed by atoms with Gasteiger partial charge in [0.2, 0.25) is 5.91 Å². The van der Waals surface area contributed by atoms with Crippen molar-refractivity contribution < 1.29 is 9.59 Å². The number of anilines is 1. The first-order valence-corrected chi connectivity index (χ1v) is 11.4. The molecule has 152 valence electrons. The van der Waals surface area contributed by atoms with E-state index in [-0.39, 0.29) is 17.9 Å². The molecule has 8 heteroatoms. The zero-order valence-corrected chi connectivity index (χ0v) is 17.1. The Morgan fingerprint density at radius 2 is 2.00 bits per heavy atom. The molecule has 2 aromatic heterocycles. The first kappa shape index (κ1) is 18.5. The largest absolute Gasteiger partial charge is 0.346 e. The van der Waals surface area contributed by atoms with E-state index in [9.17, 15) is 9.59 Å². The van der Waals surface area contributed by atoms with Gasteiger partial charge in [-0.1, -0.05) is 6.08 Å². The Hall–Kier alpha value is -2.48. The van der Waals surface area contributed by atoms with E-state index in [0.717, 1.165) is 60.5 Å². The molecule has 3 aliphatic rings. The predicted octanol–water partition coefficient (Wildman–Crippen LogP) is 3.17. The minimum Gasteiger partial charge on any atom is -0.346 e. The van der Waals surface area contributed by atoms with Gasteiger partial charge in [0.25, 0.3) is 0 Å². The van der Waals surface area contributed by atoms with Crippen LogP contribution in [0.5, 0.6) is 0 Å². The van der Waals surface area contributed by atoms with Crippen LogP contribution in [0.3, 0.4) is 0 Å². The number of aromatic amines is 1. The number of H-pyrrole nitrogens is 1. The molecule has 4 heterocycles. The Balaban J connectivity index is 1.36. The second kappa shape index (κ2) is 7.74. The van der Waals surface area contributed by atoms with Gasteiger partial charge in [0, 0.05) is 55.2 Å². The highest BCUT2D eigenvalue weighted by atomic mass is 32.2. The normalized spacial score (nSPS) is 19.9. The molecule has 0 aromatic carbocycles. The zero-order chi connectivity index (χ0) is 19.8. The van der Waals surface area contributed by atoms with Gasteiger partial charge in [-0.25, -0.2) is 9.78 Å². The van der Waals surface area contributed by atoms with E-state index in [1.807, 2.05) is 39.9 Å². The number of hydrogen-bond acceptors (Lipinski definition) is 4. The standard InChI is InChI=1S/C21H25N5O2S/c27-20(15-1-2-15)24-18-13-17(16-3-6-22-19(16)23-18)14-4-7-25(8-5-14)21(28)26-9-11-29-12-10-26/h3-4,6,13,15H,1-2,5,7-12H2,(H2,22,23,24,27). The number of rotatable bonds is 3. The summed E-state index contributed by atoms with van der Waals surface area (Å²) in [6.07, 6.45) is 6.76. The van der Waals surface area contributed by atoms with Crippen LogP contribution in [0.1, 0.15) is 24.8 Å². The van der Waals surface area contributed by atoms with Crippen molar-refractivity contribution in [1.82, 2.24) is 19.8 Å². The summed E-state index contributed by atoms with van der Waals surface area (Å²) in [6.45, 7) is 3.02. The van der Waals surface area contributed by atoms with Gasteiger partial charge in [-0.3, -0.25) is 4.79 Å². The molecular formula is C21H25N5O2S. The molecule has 0 atom stereocenters. The van der Waals surface area contributed by atoms with Crippen LogP contribution in [0.2, 0.25) is 0 Å². The number of pyridine rings is 1. The molecule has 0 unspecified atom stereocenters. The fourth-order valence-corrected chi connectivity index (χ4v) is 4.89. The lowest BCUT2D eigenvalue weighted by Gasteiger charge is -2.34. The summed E-state index contributed by atoms with van der Waals surface area (Å²) in [5.41, 5.74) is 3.07. The average Bonchev–Trinajstić information content (AvgIpc) is 3.51. The number of nitrogens with one attached hydrogen (secondary N) is 2. The first-order valence-electron chi connectivity index (χ1n) is 10.3. The zero-order valence-electron chi connectivity index (χ0n) is 16.3. The number of aromatic nitrogens is 2. The minimum atomic E-state index is 0.0587. The van der Waals surface area contributed by atoms with Gasteiger partial charge in [-0.05, 0) is 42.5 Å². The number of urea groups is 1. The smallest absolute Gasteiger partial charge is 0.320 e. The highest BCUT2D eigenvalue weighted by Gasteiger charge is 2.30. The molecule has 7 nitrogen and oxygen atoms in total. The van der Waals surface area contributed by atoms with E-state index < -0.39 is 0 Å². The Morgan fingerprint density at radius 3 is 2.72 bits per heavy atom. The third-order valence-electron chi connectivity index (χ3n) is 5.84. The van der Waals surface area contributed by atoms with Gasteiger partial charge < -0.3 is 20.1 Å². The molecule has 2 fully saturated rings. The number of fused-ring (bicyclic) bond motifs is 1. The lowest BCUT2D eigenvalue weighted by molar-refractivity contribution is -0.117. The predicted molar refractivity (Wildman–Crippen MR) is 116 cm³/mol. The molecule has 2 aromatic rings. The van der Waals surface area contributed by atoms with Crippen molar-refractivity contribution in [3.05, 3.63) is 30.0 Å². The van der Waals surface area contributed by atoms with Crippen LogP contribution in [0.25, 0.3) is 16.6 Å². The Bertz CT molecular complexity index is 975. The maximum Gasteiger partial charge on any atom is 0.320 e. The Kier molecular flexibility index (Phi) is 4.95. The summed E-state index contributed by atoms with van der Waals surface area (Å²) in [5.74, 6) is 2.85. The first-order chi connectivity index (χ1) is 14.2. The molecule has 1 saturated heterocycles. The van der Waals surface area contributed by atoms with E-state index in [0.29, 0.717) is 18.9 Å². The monoisotopic (exact) mass is 411 g/mol. The summed E-state index contributed by atoms with van der Waals surface area (Å²) in [6, 6.07) is 4.15. The van der Waals surface area contributed by atoms with Crippen LogP contribution in [0.15, 0.2) is 24.4 Å². The van der Waals surface area contributed by atoms with Crippen molar-refractivity contribution in [1.29, 1.82) is 0 Å². The molecule has 1 saturated carbocycles. The van der Waals surface area contributed by atoms with Gasteiger partial charge >= 0.3 is 6.03 Å². The van der Waals surface area contributed by atoms with Gasteiger partial charge in [0.05, 0.1) is 0 Å². The number of nitrogens with zero attached hydrogens (tertiary/aromatic N) is 3. The minimum absolute atomic E-state index is 0.0587. The van der Waals surface area contributed by atoms with Crippen LogP contribution in [0.4, 0.5) is 10.6 Å². The molecule has 0 radical (unpaired) electrons. The van der Waals surface area contributed by atoms with E-state index in [1.54, 1.807) is 0 Å². The van der Waals surface area contributed by atoms with Gasteiger partial charge in [-0.2, -0.15) is 11.8 Å². The second-order valence-corrected chi connectivity index (χ2v) is 9.09. The summed E-state index contributed by atoms with van der Waals surface area (Å²) in [5, 5.41) is 4.01. The highest BCUT2D eigenvalue weighted by molar-refractivity contribution is 7.99. The highest BCUT2D eigenvalue weighted by Crippen LogP contribution is 2.33. The molecule has 2 N–H and O–H groups in total. The summed E-state index contributed by atoms with van der Waals surface area (Å²) < 4.78 is 0. The van der Waals surface area contributed by atoms with Gasteiger partial charge in [0.1, 0.15) is 11.5 Å². The molecule has 29 heavy (non-hydrogen) atoms. The SMILES string of the molecule is O=C(Nc1cc(C2=CCN(C(=O)N3CCSCC3)CC2)c2cc[nH]c2n1)C1CC1. The molecular weight excluding hydrogens is 386 g/mol. The number of hydrogen-bond donors (Lipinski definition) is 2. The van der Waals surface area contributed by atoms with Crippen LogP contribution in [0, 0.1) is 5.92 Å². The van der Waals surface area contributed by atoms with Crippen LogP contribution in [-0.2, 0) is 4.79 Å². The quantitative estimate of drug-likeness (QED) is 0.813. The number of carbonyl (C=O) groups excluding carboxylic acids is 2. The molecule has 3 amide bonds. The number of thioether (sulfide) groups is 1. The number of carbonyl (C=O) groups is 2.